The molecule has 1 aliphatic heterocycles. The molecule has 1 saturated heterocycles. The van der Waals surface area contributed by atoms with E-state index in [1.54, 1.807) is 25.3 Å². The third kappa shape index (κ3) is 5.15. The molecule has 126 valence electrons. The summed E-state index contributed by atoms with van der Waals surface area (Å²) in [4.78, 5) is 6.91. The molecule has 0 bridgehead atoms. The third-order valence-corrected chi connectivity index (χ3v) is 3.88. The van der Waals surface area contributed by atoms with Gasteiger partial charge in [-0.05, 0) is 44.7 Å². The number of aliphatic imine (C=N–C) groups is 1. The zero-order valence-electron chi connectivity index (χ0n) is 13.7. The van der Waals surface area contributed by atoms with E-state index in [1.165, 1.54) is 12.8 Å². The maximum absolute atomic E-state index is 10.5. The Morgan fingerprint density at radius 3 is 2.95 bits per heavy atom. The SMILES string of the molecule is CCNC(=NCC(C)(O)c1ccco1)N1CCCC(C)C1.I. The molecule has 0 amide bonds. The fourth-order valence-corrected chi connectivity index (χ4v) is 2.70. The Labute approximate surface area is 150 Å². The van der Waals surface area contributed by atoms with Crippen LogP contribution >= 0.6 is 24.0 Å². The Kier molecular flexibility index (Phi) is 7.68. The average molecular weight is 421 g/mol. The highest BCUT2D eigenvalue weighted by molar-refractivity contribution is 14.0. The second-order valence-corrected chi connectivity index (χ2v) is 6.11. The molecule has 6 heteroatoms. The summed E-state index contributed by atoms with van der Waals surface area (Å²) in [5.41, 5.74) is -1.08. The highest BCUT2D eigenvalue weighted by atomic mass is 127. The molecule has 2 heterocycles. The lowest BCUT2D eigenvalue weighted by Gasteiger charge is -2.34. The van der Waals surface area contributed by atoms with Gasteiger partial charge < -0.3 is 19.7 Å². The van der Waals surface area contributed by atoms with Gasteiger partial charge in [0.2, 0.25) is 0 Å². The van der Waals surface area contributed by atoms with Crippen molar-refractivity contribution in [1.29, 1.82) is 0 Å². The summed E-state index contributed by atoms with van der Waals surface area (Å²) >= 11 is 0. The Morgan fingerprint density at radius 1 is 1.59 bits per heavy atom. The maximum atomic E-state index is 10.5. The van der Waals surface area contributed by atoms with E-state index < -0.39 is 5.60 Å². The third-order valence-electron chi connectivity index (χ3n) is 3.88. The van der Waals surface area contributed by atoms with Crippen LogP contribution in [0.25, 0.3) is 0 Å². The van der Waals surface area contributed by atoms with Crippen LogP contribution in [0.4, 0.5) is 0 Å². The van der Waals surface area contributed by atoms with Gasteiger partial charge in [-0.25, -0.2) is 4.99 Å². The minimum atomic E-state index is -1.08. The van der Waals surface area contributed by atoms with Crippen molar-refractivity contribution in [3.8, 4) is 0 Å². The number of hydrogen-bond donors (Lipinski definition) is 2. The predicted octanol–water partition coefficient (Wildman–Crippen LogP) is 2.80. The largest absolute Gasteiger partial charge is 0.466 e. The molecule has 1 fully saturated rings. The molecule has 1 aromatic rings. The smallest absolute Gasteiger partial charge is 0.194 e. The van der Waals surface area contributed by atoms with E-state index in [0.29, 0.717) is 11.7 Å². The second kappa shape index (κ2) is 8.76. The number of rotatable bonds is 4. The van der Waals surface area contributed by atoms with Crippen molar-refractivity contribution in [2.24, 2.45) is 10.9 Å². The van der Waals surface area contributed by atoms with Gasteiger partial charge in [0.1, 0.15) is 11.4 Å². The number of guanidine groups is 1. The average Bonchev–Trinajstić information content (AvgIpc) is 2.98. The Hall–Kier alpha value is -0.760. The minimum Gasteiger partial charge on any atom is -0.466 e. The Morgan fingerprint density at radius 2 is 2.36 bits per heavy atom. The van der Waals surface area contributed by atoms with Crippen molar-refractivity contribution < 1.29 is 9.52 Å². The summed E-state index contributed by atoms with van der Waals surface area (Å²) in [5.74, 6) is 2.12. The quantitative estimate of drug-likeness (QED) is 0.446. The van der Waals surface area contributed by atoms with Crippen LogP contribution in [0.3, 0.4) is 0 Å². The number of likely N-dealkylation sites (tertiary alicyclic amines) is 1. The molecule has 1 aromatic heterocycles. The lowest BCUT2D eigenvalue weighted by Crippen LogP contribution is -2.46. The van der Waals surface area contributed by atoms with Gasteiger partial charge in [0.05, 0.1) is 12.8 Å². The molecule has 0 spiro atoms. The van der Waals surface area contributed by atoms with Gasteiger partial charge in [0, 0.05) is 19.6 Å². The summed E-state index contributed by atoms with van der Waals surface area (Å²) < 4.78 is 5.30. The lowest BCUT2D eigenvalue weighted by atomic mass is 10.0. The first-order valence-electron chi connectivity index (χ1n) is 7.82. The van der Waals surface area contributed by atoms with Crippen LogP contribution in [0.2, 0.25) is 0 Å². The zero-order valence-corrected chi connectivity index (χ0v) is 16.0. The van der Waals surface area contributed by atoms with Crippen molar-refractivity contribution in [3.05, 3.63) is 24.2 Å². The molecule has 22 heavy (non-hydrogen) atoms. The first kappa shape index (κ1) is 19.3. The minimum absolute atomic E-state index is 0. The maximum Gasteiger partial charge on any atom is 0.194 e. The van der Waals surface area contributed by atoms with Crippen molar-refractivity contribution in [2.75, 3.05) is 26.2 Å². The van der Waals surface area contributed by atoms with Gasteiger partial charge in [-0.1, -0.05) is 6.92 Å². The fourth-order valence-electron chi connectivity index (χ4n) is 2.70. The highest BCUT2D eigenvalue weighted by Crippen LogP contribution is 2.22. The van der Waals surface area contributed by atoms with Gasteiger partial charge >= 0.3 is 0 Å². The van der Waals surface area contributed by atoms with Crippen LogP contribution in [-0.2, 0) is 5.60 Å². The molecule has 2 rings (SSSR count). The van der Waals surface area contributed by atoms with Crippen LogP contribution in [0.1, 0.15) is 39.4 Å². The summed E-state index contributed by atoms with van der Waals surface area (Å²) in [7, 11) is 0. The Balaban J connectivity index is 0.00000242. The fraction of sp³-hybridized carbons (Fsp3) is 0.688. The number of furan rings is 1. The van der Waals surface area contributed by atoms with Crippen LogP contribution in [-0.4, -0.2) is 42.1 Å². The molecule has 0 aromatic carbocycles. The van der Waals surface area contributed by atoms with E-state index in [2.05, 4.69) is 29.1 Å². The number of nitrogens with zero attached hydrogens (tertiary/aromatic N) is 2. The summed E-state index contributed by atoms with van der Waals surface area (Å²) in [6.07, 6.45) is 4.05. The molecule has 0 saturated carbocycles. The van der Waals surface area contributed by atoms with Crippen molar-refractivity contribution >= 4 is 29.9 Å². The molecular formula is C16H28IN3O2. The van der Waals surface area contributed by atoms with Crippen molar-refractivity contribution in [1.82, 2.24) is 10.2 Å². The number of piperidine rings is 1. The van der Waals surface area contributed by atoms with Crippen LogP contribution in [0, 0.1) is 5.92 Å². The number of aliphatic hydroxyl groups is 1. The topological polar surface area (TPSA) is 61.0 Å². The summed E-state index contributed by atoms with van der Waals surface area (Å²) in [6.45, 7) is 9.23. The van der Waals surface area contributed by atoms with Gasteiger partial charge in [-0.3, -0.25) is 0 Å². The zero-order chi connectivity index (χ0) is 15.3. The van der Waals surface area contributed by atoms with Gasteiger partial charge in [0.25, 0.3) is 0 Å². The van der Waals surface area contributed by atoms with Crippen LogP contribution in [0.15, 0.2) is 27.8 Å². The van der Waals surface area contributed by atoms with E-state index >= 15 is 0 Å². The predicted molar refractivity (Wildman–Crippen MR) is 99.6 cm³/mol. The molecule has 5 nitrogen and oxygen atoms in total. The molecular weight excluding hydrogens is 393 g/mol. The van der Waals surface area contributed by atoms with Gasteiger partial charge in [-0.2, -0.15) is 0 Å². The highest BCUT2D eigenvalue weighted by Gasteiger charge is 2.27. The second-order valence-electron chi connectivity index (χ2n) is 6.11. The van der Waals surface area contributed by atoms with E-state index in [4.69, 9.17) is 4.42 Å². The van der Waals surface area contributed by atoms with E-state index in [0.717, 1.165) is 25.6 Å². The van der Waals surface area contributed by atoms with E-state index in [1.807, 2.05) is 0 Å². The summed E-state index contributed by atoms with van der Waals surface area (Å²) in [5, 5.41) is 13.8. The first-order chi connectivity index (χ1) is 10.0. The molecule has 2 unspecified atom stereocenters. The number of halogens is 1. The summed E-state index contributed by atoms with van der Waals surface area (Å²) in [6, 6.07) is 3.57. The van der Waals surface area contributed by atoms with Crippen molar-refractivity contribution in [3.63, 3.8) is 0 Å². The number of hydrogen-bond acceptors (Lipinski definition) is 3. The van der Waals surface area contributed by atoms with Crippen LogP contribution in [0.5, 0.6) is 0 Å². The van der Waals surface area contributed by atoms with Crippen molar-refractivity contribution in [2.45, 2.75) is 39.2 Å². The lowest BCUT2D eigenvalue weighted by molar-refractivity contribution is 0.0433. The van der Waals surface area contributed by atoms with Crippen LogP contribution < -0.4 is 5.32 Å². The molecule has 2 atom stereocenters. The number of nitrogens with one attached hydrogen (secondary N) is 1. The van der Waals surface area contributed by atoms with Gasteiger partial charge in [-0.15, -0.1) is 24.0 Å². The molecule has 2 N–H and O–H groups in total. The first-order valence-corrected chi connectivity index (χ1v) is 7.82. The monoisotopic (exact) mass is 421 g/mol. The standard InChI is InChI=1S/C16H27N3O2.HI/c1-4-17-15(19-9-5-7-13(2)11-19)18-12-16(3,20)14-8-6-10-21-14;/h6,8,10,13,20H,4-5,7,9,11-12H2,1-3H3,(H,17,18);1H. The normalized spacial score (nSPS) is 21.9. The molecule has 0 radical (unpaired) electrons. The van der Waals surface area contributed by atoms with E-state index in [-0.39, 0.29) is 30.5 Å². The van der Waals surface area contributed by atoms with E-state index in [9.17, 15) is 5.11 Å². The molecule has 0 aliphatic carbocycles. The Bertz CT molecular complexity index is 460. The molecule has 1 aliphatic rings. The van der Waals surface area contributed by atoms with Gasteiger partial charge in [0.15, 0.2) is 5.96 Å².